The number of carboxylic acid groups (broad SMARTS) is 1. The molecule has 0 saturated carbocycles. The highest BCUT2D eigenvalue weighted by Crippen LogP contribution is 2.22. The zero-order valence-corrected chi connectivity index (χ0v) is 11.0. The normalized spacial score (nSPS) is 10.0. The summed E-state index contributed by atoms with van der Waals surface area (Å²) in [4.78, 5) is 32.7. The van der Waals surface area contributed by atoms with Crippen molar-refractivity contribution in [3.63, 3.8) is 0 Å². The predicted octanol–water partition coefficient (Wildman–Crippen LogP) is 2.25. The van der Waals surface area contributed by atoms with Gasteiger partial charge in [0.2, 0.25) is 0 Å². The average Bonchev–Trinajstić information content (AvgIpc) is 2.47. The van der Waals surface area contributed by atoms with E-state index in [0.29, 0.717) is 0 Å². The molecule has 8 nitrogen and oxygen atoms in total. The number of carboxylic acids is 1. The molecular formula is C14H10N2O6. The zero-order valence-electron chi connectivity index (χ0n) is 11.0. The van der Waals surface area contributed by atoms with Crippen LogP contribution in [0.1, 0.15) is 20.7 Å². The van der Waals surface area contributed by atoms with E-state index in [9.17, 15) is 24.8 Å². The molecule has 0 aliphatic heterocycles. The summed E-state index contributed by atoms with van der Waals surface area (Å²) in [6.07, 6.45) is 0. The fourth-order valence-electron chi connectivity index (χ4n) is 1.73. The largest absolute Gasteiger partial charge is 0.507 e. The van der Waals surface area contributed by atoms with Gasteiger partial charge in [0.25, 0.3) is 11.6 Å². The number of phenols is 1. The molecule has 0 aliphatic carbocycles. The van der Waals surface area contributed by atoms with Crippen molar-refractivity contribution in [2.24, 2.45) is 0 Å². The maximum Gasteiger partial charge on any atom is 0.339 e. The van der Waals surface area contributed by atoms with Gasteiger partial charge in [-0.15, -0.1) is 0 Å². The number of carbonyl (C=O) groups excluding carboxylic acids is 1. The van der Waals surface area contributed by atoms with Crippen LogP contribution in [0.25, 0.3) is 0 Å². The molecule has 1 amide bonds. The highest BCUT2D eigenvalue weighted by atomic mass is 16.6. The molecule has 2 aromatic rings. The van der Waals surface area contributed by atoms with Gasteiger partial charge in [0.15, 0.2) is 0 Å². The summed E-state index contributed by atoms with van der Waals surface area (Å²) >= 11 is 0. The van der Waals surface area contributed by atoms with Crippen LogP contribution in [-0.2, 0) is 0 Å². The van der Waals surface area contributed by atoms with Crippen LogP contribution in [0, 0.1) is 10.1 Å². The number of aromatic hydroxyl groups is 1. The fraction of sp³-hybridized carbons (Fsp3) is 0. The molecule has 0 atom stereocenters. The Hall–Kier alpha value is -3.42. The molecule has 3 N–H and O–H groups in total. The van der Waals surface area contributed by atoms with E-state index in [2.05, 4.69) is 5.32 Å². The summed E-state index contributed by atoms with van der Waals surface area (Å²) in [5.41, 5.74) is -0.0356. The van der Waals surface area contributed by atoms with Crippen LogP contribution in [0.2, 0.25) is 0 Å². The van der Waals surface area contributed by atoms with Crippen molar-refractivity contribution in [2.45, 2.75) is 0 Å². The molecular weight excluding hydrogens is 292 g/mol. The highest BCUT2D eigenvalue weighted by Gasteiger charge is 2.13. The van der Waals surface area contributed by atoms with Crippen molar-refractivity contribution >= 4 is 23.3 Å². The van der Waals surface area contributed by atoms with Gasteiger partial charge in [0, 0.05) is 29.4 Å². The second-order valence-electron chi connectivity index (χ2n) is 4.30. The van der Waals surface area contributed by atoms with Crippen molar-refractivity contribution < 1.29 is 24.7 Å². The molecule has 0 saturated heterocycles. The first-order chi connectivity index (χ1) is 10.4. The van der Waals surface area contributed by atoms with Gasteiger partial charge in [-0.3, -0.25) is 14.9 Å². The fourth-order valence-corrected chi connectivity index (χ4v) is 1.73. The number of nitro groups is 1. The molecule has 0 aromatic heterocycles. The number of anilines is 1. The third kappa shape index (κ3) is 3.18. The Kier molecular flexibility index (Phi) is 4.03. The van der Waals surface area contributed by atoms with Crippen LogP contribution in [0.5, 0.6) is 5.75 Å². The number of benzene rings is 2. The maximum atomic E-state index is 11.9. The minimum Gasteiger partial charge on any atom is -0.507 e. The minimum atomic E-state index is -1.29. The van der Waals surface area contributed by atoms with E-state index in [4.69, 9.17) is 5.11 Å². The third-order valence-electron chi connectivity index (χ3n) is 2.83. The van der Waals surface area contributed by atoms with Crippen LogP contribution in [0.15, 0.2) is 42.5 Å². The van der Waals surface area contributed by atoms with Crippen molar-refractivity contribution in [1.82, 2.24) is 0 Å². The Morgan fingerprint density at radius 3 is 2.23 bits per heavy atom. The van der Waals surface area contributed by atoms with E-state index in [1.165, 1.54) is 30.3 Å². The average molecular weight is 302 g/mol. The number of rotatable bonds is 4. The van der Waals surface area contributed by atoms with Crippen molar-refractivity contribution in [3.05, 3.63) is 63.7 Å². The summed E-state index contributed by atoms with van der Waals surface area (Å²) in [5.74, 6) is -2.31. The van der Waals surface area contributed by atoms with Gasteiger partial charge in [-0.25, -0.2) is 4.79 Å². The number of amides is 1. The van der Waals surface area contributed by atoms with Crippen molar-refractivity contribution in [1.29, 1.82) is 0 Å². The van der Waals surface area contributed by atoms with E-state index in [-0.39, 0.29) is 22.5 Å². The quantitative estimate of drug-likeness (QED) is 0.586. The van der Waals surface area contributed by atoms with Crippen LogP contribution in [-0.4, -0.2) is 27.0 Å². The molecule has 0 aliphatic rings. The summed E-state index contributed by atoms with van der Waals surface area (Å²) in [5, 5.41) is 31.3. The van der Waals surface area contributed by atoms with E-state index < -0.39 is 22.5 Å². The lowest BCUT2D eigenvalue weighted by molar-refractivity contribution is -0.384. The minimum absolute atomic E-state index is 0.139. The molecule has 8 heteroatoms. The molecule has 22 heavy (non-hydrogen) atoms. The van der Waals surface area contributed by atoms with Crippen LogP contribution in [0.3, 0.4) is 0 Å². The number of hydrogen-bond donors (Lipinski definition) is 3. The van der Waals surface area contributed by atoms with Gasteiger partial charge in [-0.1, -0.05) is 0 Å². The second-order valence-corrected chi connectivity index (χ2v) is 4.30. The van der Waals surface area contributed by atoms with Gasteiger partial charge >= 0.3 is 5.97 Å². The standard InChI is InChI=1S/C14H10N2O6/c17-12-7-9(3-6-11(12)14(19)20)15-13(18)8-1-4-10(5-2-8)16(21)22/h1-7,17H,(H,15,18)(H,19,20). The first-order valence-electron chi connectivity index (χ1n) is 6.00. The molecule has 112 valence electrons. The number of aromatic carboxylic acids is 1. The first kappa shape index (κ1) is 15.0. The summed E-state index contributed by atoms with van der Waals surface area (Å²) in [6.45, 7) is 0. The SMILES string of the molecule is O=C(Nc1ccc(C(=O)O)c(O)c1)c1ccc([N+](=O)[O-])cc1. The highest BCUT2D eigenvalue weighted by molar-refractivity contribution is 6.04. The summed E-state index contributed by atoms with van der Waals surface area (Å²) in [7, 11) is 0. The monoisotopic (exact) mass is 302 g/mol. The topological polar surface area (TPSA) is 130 Å². The lowest BCUT2D eigenvalue weighted by Gasteiger charge is -2.07. The first-order valence-corrected chi connectivity index (χ1v) is 6.00. The summed E-state index contributed by atoms with van der Waals surface area (Å²) in [6, 6.07) is 8.56. The van der Waals surface area contributed by atoms with Gasteiger partial charge in [-0.2, -0.15) is 0 Å². The molecule has 2 rings (SSSR count). The van der Waals surface area contributed by atoms with E-state index in [1.54, 1.807) is 0 Å². The molecule has 0 spiro atoms. The van der Waals surface area contributed by atoms with Gasteiger partial charge in [0.05, 0.1) is 4.92 Å². The van der Waals surface area contributed by atoms with Crippen LogP contribution < -0.4 is 5.32 Å². The Bertz CT molecular complexity index is 754. The lowest BCUT2D eigenvalue weighted by atomic mass is 10.1. The third-order valence-corrected chi connectivity index (χ3v) is 2.83. The number of non-ortho nitro benzene ring substituents is 1. The van der Waals surface area contributed by atoms with Crippen LogP contribution in [0.4, 0.5) is 11.4 Å². The number of carbonyl (C=O) groups is 2. The van der Waals surface area contributed by atoms with Gasteiger partial charge in [0.1, 0.15) is 11.3 Å². The zero-order chi connectivity index (χ0) is 16.3. The lowest BCUT2D eigenvalue weighted by Crippen LogP contribution is -2.12. The maximum absolute atomic E-state index is 11.9. The number of hydrogen-bond acceptors (Lipinski definition) is 5. The van der Waals surface area contributed by atoms with Crippen LogP contribution >= 0.6 is 0 Å². The Morgan fingerprint density at radius 2 is 1.73 bits per heavy atom. The molecule has 0 unspecified atom stereocenters. The molecule has 0 radical (unpaired) electrons. The number of nitrogens with one attached hydrogen (secondary N) is 1. The molecule has 0 bridgehead atoms. The Morgan fingerprint density at radius 1 is 1.09 bits per heavy atom. The predicted molar refractivity (Wildman–Crippen MR) is 76.1 cm³/mol. The van der Waals surface area contributed by atoms with Gasteiger partial charge in [-0.05, 0) is 24.3 Å². The Labute approximate surface area is 123 Å². The summed E-state index contributed by atoms with van der Waals surface area (Å²) < 4.78 is 0. The number of nitro benzene ring substituents is 1. The molecule has 2 aromatic carbocycles. The van der Waals surface area contributed by atoms with E-state index >= 15 is 0 Å². The smallest absolute Gasteiger partial charge is 0.339 e. The van der Waals surface area contributed by atoms with Crippen molar-refractivity contribution in [3.8, 4) is 5.75 Å². The van der Waals surface area contributed by atoms with Crippen molar-refractivity contribution in [2.75, 3.05) is 5.32 Å². The number of nitrogens with zero attached hydrogens (tertiary/aromatic N) is 1. The molecule has 0 heterocycles. The molecule has 0 fully saturated rings. The van der Waals surface area contributed by atoms with E-state index in [1.807, 2.05) is 0 Å². The van der Waals surface area contributed by atoms with E-state index in [0.717, 1.165) is 12.1 Å². The second kappa shape index (κ2) is 5.92. The Balaban J connectivity index is 2.16. The van der Waals surface area contributed by atoms with Gasteiger partial charge < -0.3 is 15.5 Å².